The molecule has 13 heteroatoms. The zero-order chi connectivity index (χ0) is 30.2. The molecule has 1 saturated carbocycles. The van der Waals surface area contributed by atoms with Crippen molar-refractivity contribution in [2.75, 3.05) is 37.5 Å². The van der Waals surface area contributed by atoms with Crippen molar-refractivity contribution in [1.29, 1.82) is 0 Å². The Morgan fingerprint density at radius 3 is 2.65 bits per heavy atom. The third kappa shape index (κ3) is 6.64. The van der Waals surface area contributed by atoms with E-state index in [1.54, 1.807) is 13.2 Å². The number of hydrogen-bond acceptors (Lipinski definition) is 10. The molecule has 4 heterocycles. The molecule has 5 aromatic rings. The second-order valence-electron chi connectivity index (χ2n) is 11.9. The van der Waals surface area contributed by atoms with Crippen LogP contribution in [0.3, 0.4) is 0 Å². The predicted molar refractivity (Wildman–Crippen MR) is 165 cm³/mol. The number of nitrogens with one attached hydrogen (secondary N) is 3. The highest BCUT2D eigenvalue weighted by Crippen LogP contribution is 2.36. The van der Waals surface area contributed by atoms with Gasteiger partial charge in [0.05, 0.1) is 29.5 Å². The average molecular weight is 606 g/mol. The maximum Gasteiger partial charge on any atom is 0.324 e. The first kappa shape index (κ1) is 29.1. The highest BCUT2D eigenvalue weighted by Gasteiger charge is 2.43. The maximum atomic E-state index is 12.4. The molecule has 1 aliphatic rings. The number of anilines is 2. The number of carbonyl (C=O) groups is 1. The van der Waals surface area contributed by atoms with Gasteiger partial charge in [-0.25, -0.2) is 14.8 Å². The van der Waals surface area contributed by atoms with Crippen LogP contribution in [-0.4, -0.2) is 69.2 Å². The van der Waals surface area contributed by atoms with E-state index in [0.29, 0.717) is 42.9 Å². The average Bonchev–Trinajstić information content (AvgIpc) is 3.24. The van der Waals surface area contributed by atoms with E-state index in [-0.39, 0.29) is 11.0 Å². The lowest BCUT2D eigenvalue weighted by atomic mass is 9.93. The smallest absolute Gasteiger partial charge is 0.324 e. The quantitative estimate of drug-likeness (QED) is 0.162. The number of thiazole rings is 1. The molecule has 1 unspecified atom stereocenters. The highest BCUT2D eigenvalue weighted by atomic mass is 32.1. The van der Waals surface area contributed by atoms with E-state index in [1.807, 2.05) is 67.8 Å². The minimum Gasteiger partial charge on any atom is -0.476 e. The van der Waals surface area contributed by atoms with Crippen LogP contribution in [0.1, 0.15) is 39.4 Å². The molecule has 6 rings (SSSR count). The van der Waals surface area contributed by atoms with Crippen molar-refractivity contribution in [3.8, 4) is 17.1 Å². The number of ether oxygens (including phenoxy) is 2. The van der Waals surface area contributed by atoms with Gasteiger partial charge in [0.15, 0.2) is 10.8 Å². The number of imidazole rings is 1. The lowest BCUT2D eigenvalue weighted by Gasteiger charge is -2.19. The second-order valence-corrected chi connectivity index (χ2v) is 12.9. The summed E-state index contributed by atoms with van der Waals surface area (Å²) < 4.78 is 18.4. The number of methoxy groups -OCH3 is 1. The van der Waals surface area contributed by atoms with Gasteiger partial charge < -0.3 is 29.7 Å². The van der Waals surface area contributed by atoms with E-state index in [0.717, 1.165) is 39.4 Å². The van der Waals surface area contributed by atoms with Crippen LogP contribution in [0.2, 0.25) is 0 Å². The first-order valence-electron chi connectivity index (χ1n) is 14.1. The Morgan fingerprint density at radius 1 is 1.16 bits per heavy atom. The SMILES string of the molecule is COCC(O)CNC1(COc2ccc3c(n2)sc2nc(-c4ccc(NC(=O)Nc5cc(C(C)(C)C)on5)cc4)cn23)CC1. The number of aromatic nitrogens is 4. The number of benzene rings is 1. The number of aliphatic hydroxyl groups excluding tert-OH is 1. The van der Waals surface area contributed by atoms with E-state index in [9.17, 15) is 9.90 Å². The third-order valence-corrected chi connectivity index (χ3v) is 8.25. The van der Waals surface area contributed by atoms with Gasteiger partial charge in [-0.3, -0.25) is 9.72 Å². The molecule has 1 fully saturated rings. The molecular formula is C30H35N7O5S. The summed E-state index contributed by atoms with van der Waals surface area (Å²) in [5.41, 5.74) is 3.01. The Hall–Kier alpha value is -4.04. The normalized spacial score (nSPS) is 15.1. The number of carbonyl (C=O) groups excluding carboxylic acids is 1. The van der Waals surface area contributed by atoms with Gasteiger partial charge in [0, 0.05) is 48.6 Å². The number of urea groups is 1. The van der Waals surface area contributed by atoms with Gasteiger partial charge in [-0.1, -0.05) is 49.4 Å². The molecule has 0 bridgehead atoms. The first-order chi connectivity index (χ1) is 20.6. The fourth-order valence-corrected chi connectivity index (χ4v) is 5.57. The molecule has 226 valence electrons. The Balaban J connectivity index is 1.07. The van der Waals surface area contributed by atoms with Gasteiger partial charge >= 0.3 is 6.03 Å². The molecule has 4 N–H and O–H groups in total. The molecule has 0 radical (unpaired) electrons. The molecule has 0 aliphatic heterocycles. The van der Waals surface area contributed by atoms with Crippen molar-refractivity contribution in [2.45, 2.75) is 50.7 Å². The third-order valence-electron chi connectivity index (χ3n) is 7.29. The van der Waals surface area contributed by atoms with Crippen LogP contribution in [0.4, 0.5) is 16.3 Å². The molecule has 1 atom stereocenters. The molecular weight excluding hydrogens is 570 g/mol. The zero-order valence-corrected chi connectivity index (χ0v) is 25.3. The molecule has 1 aliphatic carbocycles. The summed E-state index contributed by atoms with van der Waals surface area (Å²) in [6.45, 7) is 7.29. The van der Waals surface area contributed by atoms with Crippen LogP contribution in [0.15, 0.2) is 53.2 Å². The van der Waals surface area contributed by atoms with Gasteiger partial charge in [-0.15, -0.1) is 0 Å². The summed E-state index contributed by atoms with van der Waals surface area (Å²) >= 11 is 1.49. The van der Waals surface area contributed by atoms with Gasteiger partial charge in [-0.2, -0.15) is 0 Å². The van der Waals surface area contributed by atoms with Crippen molar-refractivity contribution in [3.05, 3.63) is 54.4 Å². The second kappa shape index (κ2) is 11.6. The Morgan fingerprint density at radius 2 is 1.95 bits per heavy atom. The van der Waals surface area contributed by atoms with Crippen LogP contribution in [0.25, 0.3) is 26.6 Å². The number of aliphatic hydroxyl groups is 1. The van der Waals surface area contributed by atoms with Crippen molar-refractivity contribution >= 4 is 44.2 Å². The molecule has 0 saturated heterocycles. The Kier molecular flexibility index (Phi) is 7.81. The minimum absolute atomic E-state index is 0.119. The van der Waals surface area contributed by atoms with Crippen LogP contribution in [-0.2, 0) is 10.2 Å². The molecule has 1 aromatic carbocycles. The van der Waals surface area contributed by atoms with Gasteiger partial charge in [0.1, 0.15) is 17.2 Å². The van der Waals surface area contributed by atoms with Crippen molar-refractivity contribution < 1.29 is 23.9 Å². The van der Waals surface area contributed by atoms with E-state index >= 15 is 0 Å². The number of hydrogen-bond donors (Lipinski definition) is 4. The van der Waals surface area contributed by atoms with Crippen molar-refractivity contribution in [3.63, 3.8) is 0 Å². The summed E-state index contributed by atoms with van der Waals surface area (Å²) in [7, 11) is 1.58. The van der Waals surface area contributed by atoms with E-state index in [4.69, 9.17) is 24.0 Å². The lowest BCUT2D eigenvalue weighted by Crippen LogP contribution is -2.42. The number of pyridine rings is 1. The molecule has 4 aromatic heterocycles. The molecule has 43 heavy (non-hydrogen) atoms. The van der Waals surface area contributed by atoms with Crippen LogP contribution in [0, 0.1) is 0 Å². The number of rotatable bonds is 11. The predicted octanol–water partition coefficient (Wildman–Crippen LogP) is 5.05. The van der Waals surface area contributed by atoms with Gasteiger partial charge in [0.25, 0.3) is 0 Å². The summed E-state index contributed by atoms with van der Waals surface area (Å²) in [6.07, 6.45) is 3.43. The highest BCUT2D eigenvalue weighted by molar-refractivity contribution is 7.23. The summed E-state index contributed by atoms with van der Waals surface area (Å²) in [5, 5.41) is 22.8. The summed E-state index contributed by atoms with van der Waals surface area (Å²) in [5.74, 6) is 1.61. The first-order valence-corrected chi connectivity index (χ1v) is 14.9. The number of amides is 2. The van der Waals surface area contributed by atoms with Crippen molar-refractivity contribution in [1.82, 2.24) is 24.8 Å². The molecule has 12 nitrogen and oxygen atoms in total. The van der Waals surface area contributed by atoms with Crippen LogP contribution >= 0.6 is 11.3 Å². The Labute approximate surface area is 252 Å². The lowest BCUT2D eigenvalue weighted by molar-refractivity contribution is 0.0602. The van der Waals surface area contributed by atoms with E-state index < -0.39 is 12.1 Å². The number of nitrogens with zero attached hydrogens (tertiary/aromatic N) is 4. The van der Waals surface area contributed by atoms with E-state index in [1.165, 1.54) is 11.3 Å². The standard InChI is InChI=1S/C30H35N7O5S/c1-29(2,3)23-13-24(36-42-23)34-27(39)32-19-7-5-18(6-8-19)21-15-37-22-9-10-25(35-26(22)43-28(37)33-21)41-17-30(11-12-30)31-14-20(38)16-40-4/h5-10,13,15,20,31,38H,11-12,14,16-17H2,1-4H3,(H2,32,34,36,39). The fourth-order valence-electron chi connectivity index (χ4n) is 4.60. The topological polar surface area (TPSA) is 148 Å². The van der Waals surface area contributed by atoms with Gasteiger partial charge in [-0.05, 0) is 31.0 Å². The maximum absolute atomic E-state index is 12.4. The summed E-state index contributed by atoms with van der Waals surface area (Å²) in [4.78, 5) is 23.6. The van der Waals surface area contributed by atoms with Crippen LogP contribution < -0.4 is 20.7 Å². The fraction of sp³-hybridized carbons (Fsp3) is 0.400. The number of β-amino-alcohol motifs (C(OH)–C–C–N with tert-alkyl or cyclic N) is 1. The summed E-state index contributed by atoms with van der Waals surface area (Å²) in [6, 6.07) is 12.7. The molecule has 2 amide bonds. The monoisotopic (exact) mass is 605 g/mol. The van der Waals surface area contributed by atoms with Gasteiger partial charge in [0.2, 0.25) is 5.88 Å². The largest absolute Gasteiger partial charge is 0.476 e. The minimum atomic E-state index is -0.543. The Bertz CT molecular complexity index is 1730. The zero-order valence-electron chi connectivity index (χ0n) is 24.5. The van der Waals surface area contributed by atoms with Crippen molar-refractivity contribution in [2.24, 2.45) is 0 Å². The van der Waals surface area contributed by atoms with E-state index in [2.05, 4.69) is 21.1 Å². The number of fused-ring (bicyclic) bond motifs is 3. The molecule has 0 spiro atoms. The van der Waals surface area contributed by atoms with Crippen LogP contribution in [0.5, 0.6) is 5.88 Å².